The van der Waals surface area contributed by atoms with Crippen molar-refractivity contribution in [3.63, 3.8) is 0 Å². The zero-order valence-electron chi connectivity index (χ0n) is 17.6. The fourth-order valence-electron chi connectivity index (χ4n) is 3.43. The third-order valence-corrected chi connectivity index (χ3v) is 5.05. The number of esters is 2. The lowest BCUT2D eigenvalue weighted by Crippen LogP contribution is -2.27. The number of aromatic amines is 1. The van der Waals surface area contributed by atoms with E-state index in [4.69, 9.17) is 21.1 Å². The third-order valence-electron chi connectivity index (χ3n) is 4.81. The molecule has 33 heavy (non-hydrogen) atoms. The maximum absolute atomic E-state index is 13.3. The van der Waals surface area contributed by atoms with Gasteiger partial charge >= 0.3 is 18.1 Å². The Balaban J connectivity index is 2.26. The predicted molar refractivity (Wildman–Crippen MR) is 114 cm³/mol. The van der Waals surface area contributed by atoms with E-state index in [1.807, 2.05) is 0 Å². The monoisotopic (exact) mass is 481 g/mol. The molecule has 0 spiro atoms. The van der Waals surface area contributed by atoms with Crippen LogP contribution < -0.4 is 0 Å². The van der Waals surface area contributed by atoms with Crippen LogP contribution >= 0.6 is 11.6 Å². The molecule has 3 aromatic rings. The minimum absolute atomic E-state index is 0.0418. The number of carbonyl (C=O) groups excluding carboxylic acids is 3. The van der Waals surface area contributed by atoms with Crippen molar-refractivity contribution in [2.75, 3.05) is 13.2 Å². The molecule has 0 aliphatic rings. The molecular weight excluding hydrogens is 463 g/mol. The Kier molecular flexibility index (Phi) is 7.12. The SMILES string of the molecule is CCOC(=O)C(C(=O)OCC)c1c(C(=O)c2cccc(C(F)(F)F)c2)[nH]c2cc(Cl)ccc12. The largest absolute Gasteiger partial charge is 0.465 e. The van der Waals surface area contributed by atoms with Crippen LogP contribution in [0.4, 0.5) is 13.2 Å². The van der Waals surface area contributed by atoms with Gasteiger partial charge in [0.2, 0.25) is 5.78 Å². The fourth-order valence-corrected chi connectivity index (χ4v) is 3.61. The molecule has 0 fully saturated rings. The van der Waals surface area contributed by atoms with E-state index in [0.717, 1.165) is 12.1 Å². The number of hydrogen-bond donors (Lipinski definition) is 1. The van der Waals surface area contributed by atoms with E-state index in [9.17, 15) is 27.6 Å². The van der Waals surface area contributed by atoms with Crippen LogP contribution in [-0.4, -0.2) is 35.9 Å². The second-order valence-electron chi connectivity index (χ2n) is 6.95. The summed E-state index contributed by atoms with van der Waals surface area (Å²) in [4.78, 5) is 41.6. The first-order valence-corrected chi connectivity index (χ1v) is 10.3. The van der Waals surface area contributed by atoms with Gasteiger partial charge < -0.3 is 14.5 Å². The van der Waals surface area contributed by atoms with Crippen molar-refractivity contribution in [3.05, 3.63) is 69.9 Å². The Bertz CT molecular complexity index is 1200. The molecule has 0 radical (unpaired) electrons. The van der Waals surface area contributed by atoms with Crippen molar-refractivity contribution >= 4 is 40.2 Å². The fraction of sp³-hybridized carbons (Fsp3) is 0.261. The Morgan fingerprint density at radius 1 is 1.00 bits per heavy atom. The first-order chi connectivity index (χ1) is 15.6. The lowest BCUT2D eigenvalue weighted by molar-refractivity contribution is -0.157. The molecule has 0 saturated heterocycles. The van der Waals surface area contributed by atoms with Crippen LogP contribution in [0.3, 0.4) is 0 Å². The zero-order valence-corrected chi connectivity index (χ0v) is 18.3. The highest BCUT2D eigenvalue weighted by molar-refractivity contribution is 6.31. The summed E-state index contributed by atoms with van der Waals surface area (Å²) in [5, 5.41) is 0.609. The Hall–Kier alpha value is -3.33. The summed E-state index contributed by atoms with van der Waals surface area (Å²) in [5.41, 5.74) is -1.28. The van der Waals surface area contributed by atoms with E-state index in [0.29, 0.717) is 22.0 Å². The smallest absolute Gasteiger partial charge is 0.416 e. The highest BCUT2D eigenvalue weighted by Crippen LogP contribution is 2.35. The third kappa shape index (κ3) is 5.03. The van der Waals surface area contributed by atoms with Crippen LogP contribution in [0.2, 0.25) is 5.02 Å². The van der Waals surface area contributed by atoms with Crippen molar-refractivity contribution in [3.8, 4) is 0 Å². The van der Waals surface area contributed by atoms with Gasteiger partial charge in [-0.15, -0.1) is 0 Å². The maximum Gasteiger partial charge on any atom is 0.416 e. The number of nitrogens with one attached hydrogen (secondary N) is 1. The van der Waals surface area contributed by atoms with Crippen LogP contribution in [0, 0.1) is 0 Å². The molecule has 0 aliphatic heterocycles. The lowest BCUT2D eigenvalue weighted by atomic mass is 9.92. The topological polar surface area (TPSA) is 85.5 Å². The van der Waals surface area contributed by atoms with E-state index >= 15 is 0 Å². The van der Waals surface area contributed by atoms with Gasteiger partial charge in [0, 0.05) is 27.1 Å². The molecule has 0 aliphatic carbocycles. The Labute approximate surface area is 191 Å². The van der Waals surface area contributed by atoms with Gasteiger partial charge in [-0.1, -0.05) is 29.8 Å². The number of fused-ring (bicyclic) bond motifs is 1. The molecule has 1 heterocycles. The van der Waals surface area contributed by atoms with E-state index in [1.54, 1.807) is 13.8 Å². The number of ketones is 1. The normalized spacial score (nSPS) is 11.6. The molecule has 0 amide bonds. The van der Waals surface area contributed by atoms with Gasteiger partial charge in [-0.3, -0.25) is 14.4 Å². The average Bonchev–Trinajstić information content (AvgIpc) is 3.11. The van der Waals surface area contributed by atoms with E-state index in [-0.39, 0.29) is 30.0 Å². The predicted octanol–water partition coefficient (Wildman–Crippen LogP) is 5.28. The highest BCUT2D eigenvalue weighted by atomic mass is 35.5. The molecule has 1 N–H and O–H groups in total. The molecular formula is C23H19ClF3NO5. The molecule has 0 saturated carbocycles. The standard InChI is InChI=1S/C23H19ClF3NO5/c1-3-32-21(30)18(22(31)33-4-2)17-15-9-8-14(24)11-16(15)28-19(17)20(29)12-6-5-7-13(10-12)23(25,26)27/h5-11,18,28H,3-4H2,1-2H3. The Morgan fingerprint density at radius 2 is 1.64 bits per heavy atom. The second-order valence-corrected chi connectivity index (χ2v) is 7.38. The molecule has 1 aromatic heterocycles. The van der Waals surface area contributed by atoms with Gasteiger partial charge in [0.05, 0.1) is 24.5 Å². The van der Waals surface area contributed by atoms with Crippen molar-refractivity contribution in [1.82, 2.24) is 4.98 Å². The zero-order chi connectivity index (χ0) is 24.3. The van der Waals surface area contributed by atoms with Gasteiger partial charge in [0.15, 0.2) is 5.92 Å². The summed E-state index contributed by atoms with van der Waals surface area (Å²) in [6.45, 7) is 3.01. The summed E-state index contributed by atoms with van der Waals surface area (Å²) in [7, 11) is 0. The van der Waals surface area contributed by atoms with Gasteiger partial charge in [-0.05, 0) is 38.1 Å². The number of aromatic nitrogens is 1. The van der Waals surface area contributed by atoms with Crippen molar-refractivity contribution in [2.45, 2.75) is 25.9 Å². The van der Waals surface area contributed by atoms with Crippen molar-refractivity contribution < 1.29 is 37.0 Å². The first-order valence-electron chi connectivity index (χ1n) is 9.94. The van der Waals surface area contributed by atoms with Crippen LogP contribution in [0.5, 0.6) is 0 Å². The summed E-state index contributed by atoms with van der Waals surface area (Å²) >= 11 is 6.04. The number of rotatable bonds is 7. The molecule has 0 bridgehead atoms. The van der Waals surface area contributed by atoms with Crippen LogP contribution in [0.1, 0.15) is 46.9 Å². The minimum atomic E-state index is -4.66. The number of H-pyrrole nitrogens is 1. The number of hydrogen-bond acceptors (Lipinski definition) is 5. The van der Waals surface area contributed by atoms with E-state index in [2.05, 4.69) is 4.98 Å². The minimum Gasteiger partial charge on any atom is -0.465 e. The van der Waals surface area contributed by atoms with Gasteiger partial charge in [-0.25, -0.2) is 0 Å². The molecule has 0 unspecified atom stereocenters. The molecule has 174 valence electrons. The molecule has 2 aromatic carbocycles. The van der Waals surface area contributed by atoms with E-state index in [1.165, 1.54) is 24.3 Å². The summed E-state index contributed by atoms with van der Waals surface area (Å²) in [5.74, 6) is -4.39. The molecule has 6 nitrogen and oxygen atoms in total. The number of carbonyl (C=O) groups is 3. The molecule has 10 heteroatoms. The van der Waals surface area contributed by atoms with Crippen LogP contribution in [-0.2, 0) is 25.2 Å². The highest BCUT2D eigenvalue weighted by Gasteiger charge is 2.38. The molecule has 3 rings (SSSR count). The summed E-state index contributed by atoms with van der Waals surface area (Å²) < 4.78 is 49.6. The van der Waals surface area contributed by atoms with Crippen molar-refractivity contribution in [2.24, 2.45) is 0 Å². The number of ether oxygens (including phenoxy) is 2. The Morgan fingerprint density at radius 3 is 2.21 bits per heavy atom. The average molecular weight is 482 g/mol. The van der Waals surface area contributed by atoms with E-state index < -0.39 is 35.4 Å². The van der Waals surface area contributed by atoms with Gasteiger partial charge in [0.25, 0.3) is 0 Å². The number of halogens is 4. The lowest BCUT2D eigenvalue weighted by Gasteiger charge is -2.16. The second kappa shape index (κ2) is 9.66. The quantitative estimate of drug-likeness (QED) is 0.282. The van der Waals surface area contributed by atoms with Crippen LogP contribution in [0.15, 0.2) is 42.5 Å². The van der Waals surface area contributed by atoms with Gasteiger partial charge in [-0.2, -0.15) is 13.2 Å². The van der Waals surface area contributed by atoms with Crippen molar-refractivity contribution in [1.29, 1.82) is 0 Å². The maximum atomic E-state index is 13.3. The molecule has 0 atom stereocenters. The summed E-state index contributed by atoms with van der Waals surface area (Å²) in [6.07, 6.45) is -4.66. The number of benzene rings is 2. The number of alkyl halides is 3. The summed E-state index contributed by atoms with van der Waals surface area (Å²) in [6, 6.07) is 8.31. The van der Waals surface area contributed by atoms with Gasteiger partial charge in [0.1, 0.15) is 0 Å². The van der Waals surface area contributed by atoms with Crippen LogP contribution in [0.25, 0.3) is 10.9 Å². The first kappa shape index (κ1) is 24.3.